The van der Waals surface area contributed by atoms with Gasteiger partial charge in [-0.3, -0.25) is 0 Å². The highest BCUT2D eigenvalue weighted by molar-refractivity contribution is 5.48. The van der Waals surface area contributed by atoms with E-state index in [4.69, 9.17) is 5.11 Å². The Balaban J connectivity index is 0.000000278. The molecule has 0 bridgehead atoms. The van der Waals surface area contributed by atoms with Crippen LogP contribution in [0, 0.1) is 6.92 Å². The Morgan fingerprint density at radius 1 is 0.897 bits per heavy atom. The number of benzene rings is 2. The van der Waals surface area contributed by atoms with Gasteiger partial charge in [-0.25, -0.2) is 0 Å². The monoisotopic (exact) mass is 397 g/mol. The van der Waals surface area contributed by atoms with Gasteiger partial charge in [0, 0.05) is 37.9 Å². The molecule has 1 atom stereocenters. The molecule has 0 radical (unpaired) electrons. The fraction of sp³-hybridized carbons (Fsp3) is 0.520. The van der Waals surface area contributed by atoms with Crippen molar-refractivity contribution < 1.29 is 5.11 Å². The van der Waals surface area contributed by atoms with Gasteiger partial charge in [-0.05, 0) is 64.2 Å². The first-order valence-corrected chi connectivity index (χ1v) is 10.8. The van der Waals surface area contributed by atoms with E-state index in [-0.39, 0.29) is 6.61 Å². The number of hydrogen-bond acceptors (Lipinski definition) is 4. The summed E-state index contributed by atoms with van der Waals surface area (Å²) in [6, 6.07) is 17.7. The number of aliphatic hydroxyl groups is 1. The van der Waals surface area contributed by atoms with Crippen LogP contribution in [0.1, 0.15) is 30.0 Å². The molecule has 3 rings (SSSR count). The van der Waals surface area contributed by atoms with E-state index < -0.39 is 0 Å². The summed E-state index contributed by atoms with van der Waals surface area (Å²) in [6.45, 7) is 9.06. The summed E-state index contributed by atoms with van der Waals surface area (Å²) in [5.41, 5.74) is 5.02. The van der Waals surface area contributed by atoms with Crippen molar-refractivity contribution in [2.24, 2.45) is 0 Å². The molecule has 2 aromatic rings. The molecule has 0 aliphatic carbocycles. The van der Waals surface area contributed by atoms with E-state index in [9.17, 15) is 0 Å². The molecule has 1 fully saturated rings. The highest BCUT2D eigenvalue weighted by Crippen LogP contribution is 2.18. The minimum atomic E-state index is 0.139. The third-order valence-corrected chi connectivity index (χ3v) is 5.78. The van der Waals surface area contributed by atoms with Gasteiger partial charge in [0.05, 0.1) is 6.61 Å². The van der Waals surface area contributed by atoms with Crippen molar-refractivity contribution >= 4 is 5.69 Å². The van der Waals surface area contributed by atoms with Crippen molar-refractivity contribution in [2.75, 3.05) is 52.2 Å². The zero-order valence-electron chi connectivity index (χ0n) is 18.9. The fourth-order valence-electron chi connectivity index (χ4n) is 3.57. The number of aryl methyl sites for hydroxylation is 1. The van der Waals surface area contributed by atoms with Crippen molar-refractivity contribution in [1.82, 2.24) is 9.80 Å². The minimum absolute atomic E-state index is 0.139. The Labute approximate surface area is 177 Å². The van der Waals surface area contributed by atoms with Crippen LogP contribution in [0.15, 0.2) is 48.5 Å². The van der Waals surface area contributed by atoms with Crippen LogP contribution in [0.2, 0.25) is 0 Å². The molecular formula is C25H39N3O. The van der Waals surface area contributed by atoms with Gasteiger partial charge in [-0.2, -0.15) is 0 Å². The van der Waals surface area contributed by atoms with Gasteiger partial charge >= 0.3 is 0 Å². The Kier molecular flexibility index (Phi) is 9.65. The van der Waals surface area contributed by atoms with E-state index in [1.165, 1.54) is 36.3 Å². The fourth-order valence-corrected chi connectivity index (χ4v) is 3.57. The average Bonchev–Trinajstić information content (AvgIpc) is 2.74. The molecule has 160 valence electrons. The van der Waals surface area contributed by atoms with Crippen LogP contribution in [0.25, 0.3) is 0 Å². The molecule has 1 N–H and O–H groups in total. The quantitative estimate of drug-likeness (QED) is 0.803. The number of aliphatic hydroxyl groups excluding tert-OH is 1. The van der Waals surface area contributed by atoms with Crippen molar-refractivity contribution in [1.29, 1.82) is 0 Å². The highest BCUT2D eigenvalue weighted by atomic mass is 16.3. The van der Waals surface area contributed by atoms with Crippen LogP contribution >= 0.6 is 0 Å². The van der Waals surface area contributed by atoms with E-state index >= 15 is 0 Å². The predicted molar refractivity (Wildman–Crippen MR) is 125 cm³/mol. The second-order valence-corrected chi connectivity index (χ2v) is 8.33. The molecule has 1 unspecified atom stereocenters. The normalized spacial score (nSPS) is 15.8. The molecule has 0 spiro atoms. The molecule has 1 heterocycles. The first-order chi connectivity index (χ1) is 13.9. The molecule has 2 aromatic carbocycles. The van der Waals surface area contributed by atoms with Crippen molar-refractivity contribution in [3.8, 4) is 0 Å². The molecule has 0 aromatic heterocycles. The zero-order chi connectivity index (χ0) is 21.2. The Morgan fingerprint density at radius 2 is 1.45 bits per heavy atom. The van der Waals surface area contributed by atoms with Gasteiger partial charge in [0.15, 0.2) is 0 Å². The number of hydrogen-bond donors (Lipinski definition) is 1. The summed E-state index contributed by atoms with van der Waals surface area (Å²) in [6.07, 6.45) is 2.35. The van der Waals surface area contributed by atoms with E-state index in [0.29, 0.717) is 6.04 Å². The first kappa shape index (κ1) is 23.4. The van der Waals surface area contributed by atoms with Crippen LogP contribution in [-0.4, -0.2) is 68.3 Å². The molecule has 1 aliphatic heterocycles. The summed E-state index contributed by atoms with van der Waals surface area (Å²) in [7, 11) is 6.55. The van der Waals surface area contributed by atoms with Gasteiger partial charge in [0.25, 0.3) is 0 Å². The van der Waals surface area contributed by atoms with Crippen LogP contribution in [0.5, 0.6) is 0 Å². The molecule has 1 aliphatic rings. The van der Waals surface area contributed by atoms with E-state index in [2.05, 4.69) is 67.0 Å². The van der Waals surface area contributed by atoms with Crippen LogP contribution in [-0.2, 0) is 13.0 Å². The summed E-state index contributed by atoms with van der Waals surface area (Å²) >= 11 is 0. The zero-order valence-corrected chi connectivity index (χ0v) is 18.9. The molecule has 0 amide bonds. The van der Waals surface area contributed by atoms with Crippen molar-refractivity contribution in [3.05, 3.63) is 65.2 Å². The molecule has 0 saturated carbocycles. The van der Waals surface area contributed by atoms with Gasteiger partial charge in [-0.1, -0.05) is 48.9 Å². The van der Waals surface area contributed by atoms with E-state index in [1.54, 1.807) is 0 Å². The third kappa shape index (κ3) is 7.81. The van der Waals surface area contributed by atoms with Crippen molar-refractivity contribution in [2.45, 2.75) is 39.3 Å². The highest BCUT2D eigenvalue weighted by Gasteiger charge is 2.14. The maximum Gasteiger partial charge on any atom is 0.0681 e. The second-order valence-electron chi connectivity index (χ2n) is 8.33. The topological polar surface area (TPSA) is 30.0 Å². The molecule has 29 heavy (non-hydrogen) atoms. The maximum absolute atomic E-state index is 8.63. The number of likely N-dealkylation sites (N-methyl/N-ethyl adjacent to an activating group) is 2. The molecule has 4 heteroatoms. The van der Waals surface area contributed by atoms with Gasteiger partial charge in [0.1, 0.15) is 0 Å². The largest absolute Gasteiger partial charge is 0.392 e. The van der Waals surface area contributed by atoms with Gasteiger partial charge < -0.3 is 19.8 Å². The number of rotatable bonds is 6. The van der Waals surface area contributed by atoms with E-state index in [1.807, 2.05) is 31.2 Å². The molecule has 1 saturated heterocycles. The molecule has 4 nitrogen and oxygen atoms in total. The lowest BCUT2D eigenvalue weighted by molar-refractivity contribution is 0.282. The second kappa shape index (κ2) is 12.0. The Hall–Kier alpha value is -1.88. The first-order valence-electron chi connectivity index (χ1n) is 10.8. The smallest absolute Gasteiger partial charge is 0.0681 e. The number of anilines is 1. The average molecular weight is 398 g/mol. The predicted octanol–water partition coefficient (Wildman–Crippen LogP) is 3.81. The number of nitrogens with zero attached hydrogens (tertiary/aromatic N) is 3. The lowest BCUT2D eigenvalue weighted by atomic mass is 10.0. The number of piperazine rings is 1. The lowest BCUT2D eigenvalue weighted by Gasteiger charge is -2.34. The minimum Gasteiger partial charge on any atom is -0.392 e. The lowest BCUT2D eigenvalue weighted by Crippen LogP contribution is -2.44. The summed E-state index contributed by atoms with van der Waals surface area (Å²) < 4.78 is 0. The molecular weight excluding hydrogens is 358 g/mol. The van der Waals surface area contributed by atoms with Crippen LogP contribution in [0.4, 0.5) is 5.69 Å². The van der Waals surface area contributed by atoms with Gasteiger partial charge in [0.2, 0.25) is 0 Å². The summed E-state index contributed by atoms with van der Waals surface area (Å²) in [5, 5.41) is 8.63. The van der Waals surface area contributed by atoms with E-state index in [0.717, 1.165) is 25.1 Å². The SMILES string of the molecule is CCC(Cc1ccc(N2CCN(C)CC2)cc1)N(C)C.Cc1ccc(CO)cc1. The van der Waals surface area contributed by atoms with Crippen molar-refractivity contribution in [3.63, 3.8) is 0 Å². The summed E-state index contributed by atoms with van der Waals surface area (Å²) in [4.78, 5) is 7.22. The van der Waals surface area contributed by atoms with Crippen LogP contribution in [0.3, 0.4) is 0 Å². The van der Waals surface area contributed by atoms with Gasteiger partial charge in [-0.15, -0.1) is 0 Å². The maximum atomic E-state index is 8.63. The standard InChI is InChI=1S/C17H29N3.C8H10O/c1-5-16(18(2)3)14-15-6-8-17(9-7-15)20-12-10-19(4)11-13-20;1-7-2-4-8(6-9)5-3-7/h6-9,16H,5,10-14H2,1-4H3;2-5,9H,6H2,1H3. The Bertz CT molecular complexity index is 689. The van der Waals surface area contributed by atoms with Crippen LogP contribution < -0.4 is 4.90 Å². The third-order valence-electron chi connectivity index (χ3n) is 5.78. The Morgan fingerprint density at radius 3 is 1.93 bits per heavy atom. The summed E-state index contributed by atoms with van der Waals surface area (Å²) in [5.74, 6) is 0.